The third-order valence-corrected chi connectivity index (χ3v) is 1.26. The van der Waals surface area contributed by atoms with Crippen molar-refractivity contribution < 1.29 is 4.84 Å². The van der Waals surface area contributed by atoms with E-state index in [2.05, 4.69) is 10.2 Å². The fraction of sp³-hybridized carbons (Fsp3) is 0.400. The van der Waals surface area contributed by atoms with Gasteiger partial charge in [-0.25, -0.2) is 0 Å². The molecule has 56 valence electrons. The molecule has 0 fully saturated rings. The summed E-state index contributed by atoms with van der Waals surface area (Å²) in [6, 6.07) is 0. The van der Waals surface area contributed by atoms with Gasteiger partial charge in [-0.2, -0.15) is 5.10 Å². The third-order valence-electron chi connectivity index (χ3n) is 1.26. The van der Waals surface area contributed by atoms with Crippen LogP contribution in [0.5, 0.6) is 0 Å². The van der Waals surface area contributed by atoms with E-state index in [4.69, 9.17) is 10.6 Å². The second-order valence-corrected chi connectivity index (χ2v) is 1.85. The highest BCUT2D eigenvalue weighted by Gasteiger charge is 2.04. The topological polar surface area (TPSA) is 67.2 Å². The van der Waals surface area contributed by atoms with Crippen LogP contribution >= 0.6 is 0 Å². The SMILES string of the molecule is CON(C)c1cn[nH]c1N. The Morgan fingerprint density at radius 1 is 1.80 bits per heavy atom. The van der Waals surface area contributed by atoms with Crippen molar-refractivity contribution in [2.24, 2.45) is 0 Å². The van der Waals surface area contributed by atoms with Crippen LogP contribution in [-0.2, 0) is 4.84 Å². The first-order valence-corrected chi connectivity index (χ1v) is 2.82. The van der Waals surface area contributed by atoms with Gasteiger partial charge in [0.05, 0.1) is 13.3 Å². The van der Waals surface area contributed by atoms with E-state index >= 15 is 0 Å². The molecule has 0 saturated carbocycles. The molecule has 0 aliphatic heterocycles. The zero-order valence-electron chi connectivity index (χ0n) is 5.96. The molecule has 3 N–H and O–H groups in total. The number of H-pyrrole nitrogens is 1. The van der Waals surface area contributed by atoms with Gasteiger partial charge in [0.15, 0.2) is 0 Å². The molecule has 0 unspecified atom stereocenters. The predicted octanol–water partition coefficient (Wildman–Crippen LogP) is -0.0105. The van der Waals surface area contributed by atoms with Gasteiger partial charge in [0, 0.05) is 7.05 Å². The van der Waals surface area contributed by atoms with Gasteiger partial charge in [-0.1, -0.05) is 0 Å². The molecule has 0 bridgehead atoms. The average molecular weight is 142 g/mol. The number of aromatic nitrogens is 2. The van der Waals surface area contributed by atoms with Crippen molar-refractivity contribution in [1.82, 2.24) is 10.2 Å². The molecule has 0 aromatic carbocycles. The second-order valence-electron chi connectivity index (χ2n) is 1.85. The van der Waals surface area contributed by atoms with Crippen molar-refractivity contribution in [1.29, 1.82) is 0 Å². The van der Waals surface area contributed by atoms with Gasteiger partial charge in [-0.3, -0.25) is 15.0 Å². The quantitative estimate of drug-likeness (QED) is 0.570. The van der Waals surface area contributed by atoms with E-state index in [0.29, 0.717) is 5.82 Å². The molecule has 0 spiro atoms. The third kappa shape index (κ3) is 1.03. The zero-order valence-corrected chi connectivity index (χ0v) is 5.96. The Balaban J connectivity index is 2.82. The number of rotatable bonds is 2. The number of hydroxylamine groups is 1. The fourth-order valence-electron chi connectivity index (χ4n) is 0.639. The number of nitrogens with two attached hydrogens (primary N) is 1. The highest BCUT2D eigenvalue weighted by Crippen LogP contribution is 2.16. The lowest BCUT2D eigenvalue weighted by Gasteiger charge is -2.12. The Morgan fingerprint density at radius 2 is 2.50 bits per heavy atom. The summed E-state index contributed by atoms with van der Waals surface area (Å²) >= 11 is 0. The summed E-state index contributed by atoms with van der Waals surface area (Å²) in [6.45, 7) is 0. The van der Waals surface area contributed by atoms with Gasteiger partial charge in [0.1, 0.15) is 11.5 Å². The lowest BCUT2D eigenvalue weighted by molar-refractivity contribution is 0.185. The van der Waals surface area contributed by atoms with E-state index in [0.717, 1.165) is 5.69 Å². The normalized spacial score (nSPS) is 9.80. The molecule has 0 radical (unpaired) electrons. The van der Waals surface area contributed by atoms with Crippen molar-refractivity contribution >= 4 is 11.5 Å². The van der Waals surface area contributed by atoms with Gasteiger partial charge in [0.2, 0.25) is 0 Å². The summed E-state index contributed by atoms with van der Waals surface area (Å²) in [5.41, 5.74) is 6.22. The molecule has 10 heavy (non-hydrogen) atoms. The average Bonchev–Trinajstić information content (AvgIpc) is 2.34. The number of hydrogen-bond donors (Lipinski definition) is 2. The molecule has 5 nitrogen and oxygen atoms in total. The van der Waals surface area contributed by atoms with Crippen LogP contribution in [0.3, 0.4) is 0 Å². The minimum atomic E-state index is 0.504. The lowest BCUT2D eigenvalue weighted by Crippen LogP contribution is -2.15. The molecule has 0 amide bonds. The summed E-state index contributed by atoms with van der Waals surface area (Å²) in [5, 5.41) is 7.84. The maximum atomic E-state index is 5.48. The summed E-state index contributed by atoms with van der Waals surface area (Å²) < 4.78 is 0. The summed E-state index contributed by atoms with van der Waals surface area (Å²) in [5.74, 6) is 0.504. The minimum Gasteiger partial charge on any atom is -0.382 e. The first kappa shape index (κ1) is 6.88. The van der Waals surface area contributed by atoms with Gasteiger partial charge < -0.3 is 5.73 Å². The van der Waals surface area contributed by atoms with Crippen LogP contribution < -0.4 is 10.8 Å². The molecule has 1 aromatic heterocycles. The zero-order chi connectivity index (χ0) is 7.56. The summed E-state index contributed by atoms with van der Waals surface area (Å²) in [4.78, 5) is 4.87. The molecule has 5 heteroatoms. The first-order valence-electron chi connectivity index (χ1n) is 2.82. The molecule has 0 aliphatic carbocycles. The Hall–Kier alpha value is -1.23. The summed E-state index contributed by atoms with van der Waals surface area (Å²) in [6.07, 6.45) is 1.60. The van der Waals surface area contributed by atoms with Crippen LogP contribution in [0.25, 0.3) is 0 Å². The maximum Gasteiger partial charge on any atom is 0.145 e. The standard InChI is InChI=1S/C5H10N4O/c1-9(10-2)4-3-7-8-5(4)6/h3H,1-2H3,(H3,6,7,8). The van der Waals surface area contributed by atoms with Crippen molar-refractivity contribution in [2.45, 2.75) is 0 Å². The van der Waals surface area contributed by atoms with Crippen LogP contribution in [0.4, 0.5) is 11.5 Å². The highest BCUT2D eigenvalue weighted by atomic mass is 16.7. The Bertz CT molecular complexity index is 209. The molecule has 1 heterocycles. The van der Waals surface area contributed by atoms with Gasteiger partial charge in [-0.05, 0) is 0 Å². The number of anilines is 2. The van der Waals surface area contributed by atoms with Crippen molar-refractivity contribution in [3.63, 3.8) is 0 Å². The Labute approximate surface area is 58.7 Å². The Kier molecular flexibility index (Phi) is 1.77. The second kappa shape index (κ2) is 2.57. The van der Waals surface area contributed by atoms with Crippen molar-refractivity contribution in [3.8, 4) is 0 Å². The van der Waals surface area contributed by atoms with Gasteiger partial charge in [0.25, 0.3) is 0 Å². The lowest BCUT2D eigenvalue weighted by atomic mass is 10.5. The van der Waals surface area contributed by atoms with E-state index in [1.807, 2.05) is 0 Å². The minimum absolute atomic E-state index is 0.504. The fourth-order valence-corrected chi connectivity index (χ4v) is 0.639. The van der Waals surface area contributed by atoms with E-state index in [1.165, 1.54) is 5.06 Å². The van der Waals surface area contributed by atoms with E-state index in [-0.39, 0.29) is 0 Å². The van der Waals surface area contributed by atoms with Crippen molar-refractivity contribution in [2.75, 3.05) is 25.0 Å². The number of nitrogens with zero attached hydrogens (tertiary/aromatic N) is 2. The molecule has 0 saturated heterocycles. The van der Waals surface area contributed by atoms with E-state index in [9.17, 15) is 0 Å². The molecular weight excluding hydrogens is 132 g/mol. The molecule has 0 atom stereocenters. The van der Waals surface area contributed by atoms with Crippen LogP contribution in [-0.4, -0.2) is 24.4 Å². The first-order chi connectivity index (χ1) is 4.75. The van der Waals surface area contributed by atoms with Crippen molar-refractivity contribution in [3.05, 3.63) is 6.20 Å². The number of nitrogens with one attached hydrogen (secondary N) is 1. The van der Waals surface area contributed by atoms with Crippen LogP contribution in [0.2, 0.25) is 0 Å². The van der Waals surface area contributed by atoms with Crippen LogP contribution in [0, 0.1) is 0 Å². The maximum absolute atomic E-state index is 5.48. The monoisotopic (exact) mass is 142 g/mol. The van der Waals surface area contributed by atoms with Crippen LogP contribution in [0.15, 0.2) is 6.20 Å². The smallest absolute Gasteiger partial charge is 0.145 e. The molecule has 0 aliphatic rings. The highest BCUT2D eigenvalue weighted by molar-refractivity contribution is 5.59. The summed E-state index contributed by atoms with van der Waals surface area (Å²) in [7, 11) is 3.31. The van der Waals surface area contributed by atoms with E-state index < -0.39 is 0 Å². The number of nitrogen functional groups attached to an aromatic ring is 1. The van der Waals surface area contributed by atoms with Gasteiger partial charge in [-0.15, -0.1) is 0 Å². The largest absolute Gasteiger partial charge is 0.382 e. The van der Waals surface area contributed by atoms with E-state index in [1.54, 1.807) is 20.4 Å². The van der Waals surface area contributed by atoms with Crippen LogP contribution in [0.1, 0.15) is 0 Å². The van der Waals surface area contributed by atoms with Gasteiger partial charge >= 0.3 is 0 Å². The number of hydrogen-bond acceptors (Lipinski definition) is 4. The molecule has 1 aromatic rings. The molecular formula is C5H10N4O. The predicted molar refractivity (Wildman–Crippen MR) is 38.4 cm³/mol. The number of aromatic amines is 1. The Morgan fingerprint density at radius 3 is 2.90 bits per heavy atom. The molecule has 1 rings (SSSR count).